The monoisotopic (exact) mass is 449 g/mol. The van der Waals surface area contributed by atoms with E-state index >= 15 is 0 Å². The topological polar surface area (TPSA) is 12.9 Å². The van der Waals surface area contributed by atoms with Crippen molar-refractivity contribution < 1.29 is 4.39 Å². The lowest BCUT2D eigenvalue weighted by atomic mass is 9.88. The maximum atomic E-state index is 14.6. The summed E-state index contributed by atoms with van der Waals surface area (Å²) in [5.74, 6) is 0.702. The van der Waals surface area contributed by atoms with Gasteiger partial charge in [-0.2, -0.15) is 0 Å². The number of nitrogens with zero attached hydrogens (tertiary/aromatic N) is 1. The summed E-state index contributed by atoms with van der Waals surface area (Å²) in [5.41, 5.74) is 5.14. The molecule has 0 spiro atoms. The summed E-state index contributed by atoms with van der Waals surface area (Å²) >= 11 is 2.11. The Balaban J connectivity index is 1.84. The first-order valence-corrected chi connectivity index (χ1v) is 10.3. The van der Waals surface area contributed by atoms with E-state index in [0.29, 0.717) is 3.57 Å². The molecule has 132 valence electrons. The molecule has 0 N–H and O–H groups in total. The third-order valence-electron chi connectivity index (χ3n) is 5.05. The van der Waals surface area contributed by atoms with Gasteiger partial charge in [0, 0.05) is 11.8 Å². The molecule has 1 heterocycles. The van der Waals surface area contributed by atoms with Gasteiger partial charge in [-0.1, -0.05) is 44.5 Å². The number of pyridine rings is 1. The van der Waals surface area contributed by atoms with Gasteiger partial charge >= 0.3 is 0 Å². The lowest BCUT2D eigenvalue weighted by molar-refractivity contribution is 0.534. The molecule has 0 saturated heterocycles. The second-order valence-corrected chi connectivity index (χ2v) is 8.12. The molecule has 2 aromatic rings. The van der Waals surface area contributed by atoms with E-state index in [4.69, 9.17) is 0 Å². The number of benzene rings is 1. The van der Waals surface area contributed by atoms with Crippen molar-refractivity contribution in [1.82, 2.24) is 4.98 Å². The Bertz CT molecular complexity index is 764. The van der Waals surface area contributed by atoms with Crippen molar-refractivity contribution >= 4 is 28.2 Å². The molecular formula is C22H25FIN. The van der Waals surface area contributed by atoms with Crippen LogP contribution in [0.25, 0.3) is 16.8 Å². The first-order chi connectivity index (χ1) is 12.1. The van der Waals surface area contributed by atoms with E-state index < -0.39 is 0 Å². The van der Waals surface area contributed by atoms with Crippen LogP contribution in [0.1, 0.15) is 57.1 Å². The molecule has 1 aliphatic carbocycles. The molecule has 0 bridgehead atoms. The van der Waals surface area contributed by atoms with Gasteiger partial charge in [-0.3, -0.25) is 4.98 Å². The van der Waals surface area contributed by atoms with Crippen molar-refractivity contribution in [1.29, 1.82) is 0 Å². The molecule has 1 aliphatic rings. The standard InChI is InChI=1S/C22H25FIN/c1-3-4-5-17-10-12-19(22(24)21(17)23)20-13-11-18(14-25-20)16-8-6-15(2)7-9-16/h8,10-15H,3-7,9H2,1-2H3. The smallest absolute Gasteiger partial charge is 0.140 e. The highest BCUT2D eigenvalue weighted by Crippen LogP contribution is 2.32. The van der Waals surface area contributed by atoms with Gasteiger partial charge in [0.15, 0.2) is 0 Å². The summed E-state index contributed by atoms with van der Waals surface area (Å²) in [7, 11) is 0. The minimum atomic E-state index is -0.0820. The minimum absolute atomic E-state index is 0.0820. The van der Waals surface area contributed by atoms with Gasteiger partial charge in [-0.15, -0.1) is 0 Å². The molecule has 0 aliphatic heterocycles. The van der Waals surface area contributed by atoms with E-state index in [1.54, 1.807) is 0 Å². The molecule has 0 amide bonds. The van der Waals surface area contributed by atoms with Crippen LogP contribution in [0, 0.1) is 15.3 Å². The van der Waals surface area contributed by atoms with Gasteiger partial charge in [0.2, 0.25) is 0 Å². The van der Waals surface area contributed by atoms with E-state index in [-0.39, 0.29) is 5.82 Å². The van der Waals surface area contributed by atoms with Crippen LogP contribution in [-0.4, -0.2) is 4.98 Å². The number of hydrogen-bond acceptors (Lipinski definition) is 1. The largest absolute Gasteiger partial charge is 0.256 e. The van der Waals surface area contributed by atoms with Crippen molar-refractivity contribution in [2.45, 2.75) is 52.4 Å². The summed E-state index contributed by atoms with van der Waals surface area (Å²) in [6.45, 7) is 4.43. The summed E-state index contributed by atoms with van der Waals surface area (Å²) in [4.78, 5) is 4.62. The molecule has 1 aromatic heterocycles. The third-order valence-corrected chi connectivity index (χ3v) is 6.10. The van der Waals surface area contributed by atoms with E-state index in [1.165, 1.54) is 17.6 Å². The van der Waals surface area contributed by atoms with Crippen LogP contribution in [0.3, 0.4) is 0 Å². The highest BCUT2D eigenvalue weighted by Gasteiger charge is 2.15. The molecule has 3 heteroatoms. The number of aromatic nitrogens is 1. The zero-order valence-electron chi connectivity index (χ0n) is 15.0. The van der Waals surface area contributed by atoms with Crippen molar-refractivity contribution in [2.24, 2.45) is 5.92 Å². The molecule has 3 rings (SSSR count). The number of unbranched alkanes of at least 4 members (excludes halogenated alkanes) is 1. The van der Waals surface area contributed by atoms with E-state index in [1.807, 2.05) is 24.4 Å². The van der Waals surface area contributed by atoms with Crippen molar-refractivity contribution in [3.8, 4) is 11.3 Å². The third kappa shape index (κ3) is 4.30. The predicted octanol–water partition coefficient (Wildman–Crippen LogP) is 7.04. The molecule has 0 saturated carbocycles. The fourth-order valence-electron chi connectivity index (χ4n) is 3.32. The molecule has 0 fully saturated rings. The highest BCUT2D eigenvalue weighted by molar-refractivity contribution is 14.1. The minimum Gasteiger partial charge on any atom is -0.256 e. The van der Waals surface area contributed by atoms with Gasteiger partial charge in [-0.05, 0) is 83.4 Å². The summed E-state index contributed by atoms with van der Waals surface area (Å²) in [6, 6.07) is 8.09. The van der Waals surface area contributed by atoms with Crippen molar-refractivity contribution in [2.75, 3.05) is 0 Å². The molecule has 1 aromatic carbocycles. The van der Waals surface area contributed by atoms with Gasteiger partial charge < -0.3 is 0 Å². The maximum Gasteiger partial charge on any atom is 0.140 e. The number of allylic oxidation sites excluding steroid dienone is 2. The molecule has 1 unspecified atom stereocenters. The quantitative estimate of drug-likeness (QED) is 0.447. The Morgan fingerprint density at radius 2 is 2.08 bits per heavy atom. The van der Waals surface area contributed by atoms with E-state index in [2.05, 4.69) is 53.6 Å². The Morgan fingerprint density at radius 1 is 1.24 bits per heavy atom. The van der Waals surface area contributed by atoms with Gasteiger partial charge in [0.05, 0.1) is 9.26 Å². The van der Waals surface area contributed by atoms with Crippen molar-refractivity contribution in [3.05, 3.63) is 57.1 Å². The van der Waals surface area contributed by atoms with Gasteiger partial charge in [-0.25, -0.2) is 4.39 Å². The lowest BCUT2D eigenvalue weighted by Crippen LogP contribution is -2.01. The van der Waals surface area contributed by atoms with E-state index in [9.17, 15) is 4.39 Å². The molecular weight excluding hydrogens is 424 g/mol. The summed E-state index contributed by atoms with van der Waals surface area (Å²) in [5, 5.41) is 0. The SMILES string of the molecule is CCCCc1ccc(-c2ccc(C3=CCC(C)CC3)cn2)c(I)c1F. The lowest BCUT2D eigenvalue weighted by Gasteiger charge is -2.18. The predicted molar refractivity (Wildman–Crippen MR) is 112 cm³/mol. The Labute approximate surface area is 163 Å². The van der Waals surface area contributed by atoms with Crippen LogP contribution in [0.5, 0.6) is 0 Å². The zero-order chi connectivity index (χ0) is 17.8. The second kappa shape index (κ2) is 8.43. The first-order valence-electron chi connectivity index (χ1n) is 9.22. The fourth-order valence-corrected chi connectivity index (χ4v) is 4.12. The fraction of sp³-hybridized carbons (Fsp3) is 0.409. The Kier molecular flexibility index (Phi) is 6.26. The van der Waals surface area contributed by atoms with Crippen LogP contribution in [-0.2, 0) is 6.42 Å². The van der Waals surface area contributed by atoms with Crippen LogP contribution in [0.4, 0.5) is 4.39 Å². The molecule has 25 heavy (non-hydrogen) atoms. The van der Waals surface area contributed by atoms with Crippen molar-refractivity contribution in [3.63, 3.8) is 0 Å². The Morgan fingerprint density at radius 3 is 2.72 bits per heavy atom. The van der Waals surface area contributed by atoms with Gasteiger partial charge in [0.25, 0.3) is 0 Å². The average molecular weight is 449 g/mol. The van der Waals surface area contributed by atoms with Gasteiger partial charge in [0.1, 0.15) is 5.82 Å². The first kappa shape index (κ1) is 18.6. The number of aryl methyl sites for hydroxylation is 1. The number of rotatable bonds is 5. The number of hydrogen-bond donors (Lipinski definition) is 0. The molecule has 1 nitrogen and oxygen atoms in total. The van der Waals surface area contributed by atoms with Crippen LogP contribution in [0.2, 0.25) is 0 Å². The second-order valence-electron chi connectivity index (χ2n) is 7.04. The molecule has 0 radical (unpaired) electrons. The van der Waals surface area contributed by atoms with Crippen LogP contribution < -0.4 is 0 Å². The van der Waals surface area contributed by atoms with Crippen LogP contribution in [0.15, 0.2) is 36.5 Å². The highest BCUT2D eigenvalue weighted by atomic mass is 127. The summed E-state index contributed by atoms with van der Waals surface area (Å²) in [6.07, 6.45) is 10.7. The number of halogens is 2. The Hall–Kier alpha value is -1.23. The maximum absolute atomic E-state index is 14.6. The summed E-state index contributed by atoms with van der Waals surface area (Å²) < 4.78 is 15.3. The molecule has 1 atom stereocenters. The zero-order valence-corrected chi connectivity index (χ0v) is 17.1. The van der Waals surface area contributed by atoms with Crippen LogP contribution >= 0.6 is 22.6 Å². The van der Waals surface area contributed by atoms with E-state index in [0.717, 1.165) is 54.8 Å². The normalized spacial score (nSPS) is 17.4. The average Bonchev–Trinajstić information content (AvgIpc) is 2.64.